The molecule has 0 unspecified atom stereocenters. The van der Waals surface area contributed by atoms with E-state index in [1.54, 1.807) is 0 Å². The summed E-state index contributed by atoms with van der Waals surface area (Å²) in [5.74, 6) is 0.172. The van der Waals surface area contributed by atoms with Crippen molar-refractivity contribution in [2.75, 3.05) is 13.1 Å². The van der Waals surface area contributed by atoms with Crippen molar-refractivity contribution in [3.05, 3.63) is 97.5 Å². The van der Waals surface area contributed by atoms with Gasteiger partial charge in [0.05, 0.1) is 6.21 Å². The van der Waals surface area contributed by atoms with Gasteiger partial charge in [0, 0.05) is 49.5 Å². The van der Waals surface area contributed by atoms with Gasteiger partial charge in [0.2, 0.25) is 0 Å². The van der Waals surface area contributed by atoms with Crippen LogP contribution < -0.4 is 0 Å². The summed E-state index contributed by atoms with van der Waals surface area (Å²) < 4.78 is 0. The fraction of sp³-hybridized carbons (Fsp3) is 0.696. The first-order valence-corrected chi connectivity index (χ1v) is 31.2. The molecular weight excluding hydrogens is 901 g/mol. The van der Waals surface area contributed by atoms with Crippen LogP contribution in [0, 0.1) is 0 Å². The minimum atomic E-state index is 0.172. The lowest BCUT2D eigenvalue weighted by molar-refractivity contribution is -0.112. The molecular formula is C69H144N4O. The molecule has 0 N–H and O–H groups in total. The van der Waals surface area contributed by atoms with E-state index in [1.807, 2.05) is 213 Å². The Balaban J connectivity index is -0.0000000439. The molecule has 3 aliphatic carbocycles. The SMILES string of the molecule is C=C1C=CCC1.C=C1C=CCCC1.C=C1C=NCC1.C=C1CCC=N1.C=C1CCCC=N1.C=C1CCCCC1.CC.CC.CC.CC.CC.CC.CC.CC.CC.CC.CC.CC.CC.CC.O=C1C=NCCC1. The van der Waals surface area contributed by atoms with Gasteiger partial charge in [-0.1, -0.05) is 281 Å². The van der Waals surface area contributed by atoms with Crippen molar-refractivity contribution in [2.45, 2.75) is 309 Å². The number of nitrogens with zero attached hydrogens (tertiary/aromatic N) is 4. The smallest absolute Gasteiger partial charge is 0.173 e. The van der Waals surface area contributed by atoms with Crippen LogP contribution in [0.15, 0.2) is 117 Å². The predicted molar refractivity (Wildman–Crippen MR) is 364 cm³/mol. The van der Waals surface area contributed by atoms with Gasteiger partial charge in [0.15, 0.2) is 5.78 Å². The Morgan fingerprint density at radius 2 is 0.716 bits per heavy atom. The molecule has 1 fully saturated rings. The van der Waals surface area contributed by atoms with E-state index in [2.05, 4.69) is 83.7 Å². The third kappa shape index (κ3) is 127. The Kier molecular flexibility index (Phi) is 191. The number of allylic oxidation sites excluding steroid dienone is 9. The number of Topliss-reactive ketones (excluding diaryl/α,β-unsaturated/α-hetero) is 1. The Hall–Kier alpha value is -3.73. The van der Waals surface area contributed by atoms with Gasteiger partial charge >= 0.3 is 0 Å². The van der Waals surface area contributed by atoms with Gasteiger partial charge in [-0.2, -0.15) is 0 Å². The molecule has 0 radical (unpaired) electrons. The van der Waals surface area contributed by atoms with E-state index in [-0.39, 0.29) is 5.78 Å². The van der Waals surface area contributed by atoms with Gasteiger partial charge in [-0.05, 0) is 108 Å². The van der Waals surface area contributed by atoms with Crippen LogP contribution in [0.25, 0.3) is 0 Å². The van der Waals surface area contributed by atoms with Crippen LogP contribution in [0.1, 0.15) is 309 Å². The minimum absolute atomic E-state index is 0.172. The summed E-state index contributed by atoms with van der Waals surface area (Å²) >= 11 is 0. The van der Waals surface area contributed by atoms with E-state index in [1.165, 1.54) is 93.6 Å². The monoisotopic (exact) mass is 1050 g/mol. The number of rotatable bonds is 0. The Bertz CT molecular complexity index is 1040. The van der Waals surface area contributed by atoms with Crippen molar-refractivity contribution in [1.29, 1.82) is 0 Å². The molecule has 5 nitrogen and oxygen atoms in total. The highest BCUT2D eigenvalue weighted by Gasteiger charge is 2.01. The quantitative estimate of drug-likeness (QED) is 0.223. The van der Waals surface area contributed by atoms with E-state index in [4.69, 9.17) is 0 Å². The summed E-state index contributed by atoms with van der Waals surface area (Å²) in [6.07, 6.45) is 36.9. The summed E-state index contributed by atoms with van der Waals surface area (Å²) in [5.41, 5.74) is 7.24. The van der Waals surface area contributed by atoms with E-state index < -0.39 is 0 Å². The molecule has 74 heavy (non-hydrogen) atoms. The maximum atomic E-state index is 10.3. The van der Waals surface area contributed by atoms with E-state index in [0.717, 1.165) is 68.6 Å². The fourth-order valence-corrected chi connectivity index (χ4v) is 4.62. The van der Waals surface area contributed by atoms with Gasteiger partial charge in [-0.15, -0.1) is 0 Å². The molecule has 0 saturated heterocycles. The molecule has 4 aliphatic heterocycles. The topological polar surface area (TPSA) is 66.5 Å². The molecule has 0 aromatic rings. The molecule has 0 aromatic carbocycles. The summed E-state index contributed by atoms with van der Waals surface area (Å²) in [5, 5.41) is 0. The lowest BCUT2D eigenvalue weighted by atomic mass is 9.97. The number of carbonyl (C=O) groups is 1. The molecule has 5 heteroatoms. The average molecular weight is 1050 g/mol. The van der Waals surface area contributed by atoms with E-state index in [9.17, 15) is 4.79 Å². The summed E-state index contributed by atoms with van der Waals surface area (Å²) in [7, 11) is 0. The number of hydrogen-bond acceptors (Lipinski definition) is 5. The molecule has 1 saturated carbocycles. The molecule has 4 heterocycles. The van der Waals surface area contributed by atoms with Crippen molar-refractivity contribution < 1.29 is 4.79 Å². The van der Waals surface area contributed by atoms with Crippen molar-refractivity contribution in [3.63, 3.8) is 0 Å². The number of aliphatic imine (C=N–C) groups is 4. The van der Waals surface area contributed by atoms with Gasteiger partial charge in [0.1, 0.15) is 0 Å². The highest BCUT2D eigenvalue weighted by molar-refractivity contribution is 6.27. The zero-order chi connectivity index (χ0) is 61.7. The summed E-state index contributed by atoms with van der Waals surface area (Å²) in [4.78, 5) is 26.0. The second kappa shape index (κ2) is 133. The van der Waals surface area contributed by atoms with Gasteiger partial charge < -0.3 is 0 Å². The van der Waals surface area contributed by atoms with Crippen LogP contribution >= 0.6 is 0 Å². The first-order valence-electron chi connectivity index (χ1n) is 31.2. The van der Waals surface area contributed by atoms with Crippen LogP contribution in [0.3, 0.4) is 0 Å². The molecule has 0 aromatic heterocycles. The second-order valence-electron chi connectivity index (χ2n) is 12.1. The van der Waals surface area contributed by atoms with Crippen LogP contribution in [0.2, 0.25) is 0 Å². The highest BCUT2D eigenvalue weighted by atomic mass is 16.1. The second-order valence-corrected chi connectivity index (χ2v) is 12.1. The van der Waals surface area contributed by atoms with Crippen molar-refractivity contribution in [3.8, 4) is 0 Å². The van der Waals surface area contributed by atoms with Gasteiger partial charge in [-0.3, -0.25) is 24.8 Å². The highest BCUT2D eigenvalue weighted by Crippen LogP contribution is 2.20. The number of ketones is 1. The lowest BCUT2D eigenvalue weighted by Gasteiger charge is -2.10. The summed E-state index contributed by atoms with van der Waals surface area (Å²) in [6, 6.07) is 0. The van der Waals surface area contributed by atoms with Gasteiger partial charge in [-0.25, -0.2) is 0 Å². The first-order chi connectivity index (χ1) is 36.3. The standard InChI is InChI=1S/C7H12.C7H10.C6H9N.C6H8.C5H7NO.2C5H7N.14C2H6/c2*1-7-5-3-2-4-6-7;1-6-4-2-3-5-7-6;1-6-4-2-3-5-6;7-5-2-1-3-6-4-5;1-5-2-3-6-4-5;1-5-3-2-4-6-5;14*1-2/h1-6H2;3,5H,1-2,4,6H2;5H,1-4H2;2,4H,1,3,5H2;4H,1-3H2;2*4H,1-3H2;14*1-2H3. The maximum absolute atomic E-state index is 10.3. The van der Waals surface area contributed by atoms with Crippen LogP contribution in [-0.2, 0) is 4.79 Å². The molecule has 0 amide bonds. The Morgan fingerprint density at radius 1 is 0.324 bits per heavy atom. The average Bonchev–Trinajstić information content (AvgIpc) is 4.34. The van der Waals surface area contributed by atoms with Crippen LogP contribution in [-0.4, -0.2) is 43.7 Å². The first kappa shape index (κ1) is 106. The lowest BCUT2D eigenvalue weighted by Crippen LogP contribution is -2.05. The van der Waals surface area contributed by atoms with Crippen LogP contribution in [0.4, 0.5) is 0 Å². The van der Waals surface area contributed by atoms with Crippen molar-refractivity contribution >= 4 is 30.6 Å². The summed E-state index contributed by atoms with van der Waals surface area (Å²) in [6.45, 7) is 80.4. The van der Waals surface area contributed by atoms with Gasteiger partial charge in [0.25, 0.3) is 0 Å². The van der Waals surface area contributed by atoms with E-state index >= 15 is 0 Å². The Labute approximate surface area is 473 Å². The van der Waals surface area contributed by atoms with Crippen molar-refractivity contribution in [1.82, 2.24) is 0 Å². The number of hydrogen-bond donors (Lipinski definition) is 0. The predicted octanol–water partition coefficient (Wildman–Crippen LogP) is 25.6. The third-order valence-electron chi connectivity index (χ3n) is 7.46. The zero-order valence-corrected chi connectivity index (χ0v) is 56.7. The minimum Gasteiger partial charge on any atom is -0.293 e. The molecule has 7 rings (SSSR count). The Morgan fingerprint density at radius 3 is 0.865 bits per heavy atom. The fourth-order valence-electron chi connectivity index (χ4n) is 4.62. The molecule has 7 aliphatic rings. The number of carbonyl (C=O) groups excluding carboxylic acids is 1. The normalized spacial score (nSPS) is 13.8. The molecule has 0 spiro atoms. The van der Waals surface area contributed by atoms with Crippen molar-refractivity contribution in [2.24, 2.45) is 20.0 Å². The van der Waals surface area contributed by atoms with Crippen LogP contribution in [0.5, 0.6) is 0 Å². The van der Waals surface area contributed by atoms with E-state index in [0.29, 0.717) is 6.42 Å². The molecule has 446 valence electrons. The zero-order valence-electron chi connectivity index (χ0n) is 56.7. The largest absolute Gasteiger partial charge is 0.293 e. The molecule has 0 bridgehead atoms. The third-order valence-corrected chi connectivity index (χ3v) is 7.46. The maximum Gasteiger partial charge on any atom is 0.173 e. The molecule has 0 atom stereocenters.